The summed E-state index contributed by atoms with van der Waals surface area (Å²) in [6.07, 6.45) is 0. The third-order valence-electron chi connectivity index (χ3n) is 2.04. The summed E-state index contributed by atoms with van der Waals surface area (Å²) in [5.41, 5.74) is 10.2. The van der Waals surface area contributed by atoms with Crippen molar-refractivity contribution in [3.8, 4) is 0 Å². The second-order valence-corrected chi connectivity index (χ2v) is 4.28. The average molecular weight is 193 g/mol. The van der Waals surface area contributed by atoms with Crippen molar-refractivity contribution >= 4 is 0 Å². The minimum Gasteiger partial charge on any atom is -0.272 e. The smallest absolute Gasteiger partial charge is 0.0681 e. The molecule has 0 aliphatic rings. The van der Waals surface area contributed by atoms with E-state index in [1.54, 1.807) is 4.68 Å². The van der Waals surface area contributed by atoms with E-state index in [0.29, 0.717) is 6.54 Å². The number of hydrogen-bond acceptors (Lipinski definition) is 2. The normalized spacial score (nSPS) is 11.1. The minimum absolute atomic E-state index is 0.0341. The van der Waals surface area contributed by atoms with Crippen molar-refractivity contribution in [1.82, 2.24) is 9.78 Å². The molecule has 0 aliphatic heterocycles. The molecule has 0 radical (unpaired) electrons. The molecule has 0 atom stereocenters. The fourth-order valence-corrected chi connectivity index (χ4v) is 1.12. The first-order valence-electron chi connectivity index (χ1n) is 4.49. The van der Waals surface area contributed by atoms with Gasteiger partial charge in [-0.05, 0) is 11.6 Å². The number of azide groups is 1. The Kier molecular flexibility index (Phi) is 2.81. The summed E-state index contributed by atoms with van der Waals surface area (Å²) in [5, 5.41) is 7.89. The van der Waals surface area contributed by atoms with E-state index in [9.17, 15) is 0 Å². The van der Waals surface area contributed by atoms with Gasteiger partial charge in [-0.1, -0.05) is 25.9 Å². The van der Waals surface area contributed by atoms with Crippen LogP contribution in [-0.4, -0.2) is 9.78 Å². The van der Waals surface area contributed by atoms with Gasteiger partial charge in [0.15, 0.2) is 0 Å². The zero-order valence-corrected chi connectivity index (χ0v) is 9.02. The van der Waals surface area contributed by atoms with Crippen molar-refractivity contribution in [3.63, 3.8) is 0 Å². The van der Waals surface area contributed by atoms with Gasteiger partial charge in [0.05, 0.1) is 12.2 Å². The zero-order valence-electron chi connectivity index (χ0n) is 9.02. The van der Waals surface area contributed by atoms with E-state index in [2.05, 4.69) is 35.9 Å². The molecule has 1 aromatic rings. The highest BCUT2D eigenvalue weighted by Crippen LogP contribution is 2.21. The molecule has 0 fully saturated rings. The van der Waals surface area contributed by atoms with E-state index >= 15 is 0 Å². The van der Waals surface area contributed by atoms with Gasteiger partial charge < -0.3 is 0 Å². The highest BCUT2D eigenvalue weighted by molar-refractivity contribution is 5.17. The maximum Gasteiger partial charge on any atom is 0.0681 e. The van der Waals surface area contributed by atoms with E-state index in [1.807, 2.05) is 13.1 Å². The van der Waals surface area contributed by atoms with Crippen molar-refractivity contribution in [1.29, 1.82) is 0 Å². The fraction of sp³-hybridized carbons (Fsp3) is 0.667. The molecule has 0 saturated heterocycles. The molecule has 1 aromatic heterocycles. The minimum atomic E-state index is 0.0341. The number of aryl methyl sites for hydroxylation is 1. The van der Waals surface area contributed by atoms with Crippen LogP contribution in [-0.2, 0) is 19.0 Å². The monoisotopic (exact) mass is 193 g/mol. The molecule has 0 amide bonds. The SMILES string of the molecule is Cn1nc(C(C)(C)C)cc1CN=[N+]=[N-]. The highest BCUT2D eigenvalue weighted by atomic mass is 15.3. The highest BCUT2D eigenvalue weighted by Gasteiger charge is 2.18. The van der Waals surface area contributed by atoms with Gasteiger partial charge in [-0.15, -0.1) is 0 Å². The number of rotatable bonds is 2. The summed E-state index contributed by atoms with van der Waals surface area (Å²) in [6, 6.07) is 1.98. The molecule has 0 aliphatic carbocycles. The molecular formula is C9H15N5. The molecule has 0 N–H and O–H groups in total. The third-order valence-corrected chi connectivity index (χ3v) is 2.04. The fourth-order valence-electron chi connectivity index (χ4n) is 1.12. The second kappa shape index (κ2) is 3.72. The van der Waals surface area contributed by atoms with Crippen LogP contribution in [0, 0.1) is 0 Å². The van der Waals surface area contributed by atoms with Crippen LogP contribution in [0.2, 0.25) is 0 Å². The van der Waals surface area contributed by atoms with Crippen molar-refractivity contribution in [2.75, 3.05) is 0 Å². The second-order valence-electron chi connectivity index (χ2n) is 4.28. The largest absolute Gasteiger partial charge is 0.272 e. The molecule has 5 heteroatoms. The van der Waals surface area contributed by atoms with Gasteiger partial charge in [-0.3, -0.25) is 4.68 Å². The van der Waals surface area contributed by atoms with Crippen LogP contribution in [0.15, 0.2) is 11.2 Å². The molecule has 0 unspecified atom stereocenters. The van der Waals surface area contributed by atoms with E-state index in [-0.39, 0.29) is 5.41 Å². The zero-order chi connectivity index (χ0) is 10.8. The molecular weight excluding hydrogens is 178 g/mol. The lowest BCUT2D eigenvalue weighted by Crippen LogP contribution is -2.12. The van der Waals surface area contributed by atoms with Gasteiger partial charge in [0, 0.05) is 23.1 Å². The third kappa shape index (κ3) is 2.26. The number of aromatic nitrogens is 2. The van der Waals surface area contributed by atoms with Crippen LogP contribution in [0.4, 0.5) is 0 Å². The Hall–Kier alpha value is -1.48. The molecule has 5 nitrogen and oxygen atoms in total. The molecule has 0 bridgehead atoms. The van der Waals surface area contributed by atoms with Gasteiger partial charge in [0.25, 0.3) is 0 Å². The first-order chi connectivity index (χ1) is 6.45. The Balaban J connectivity index is 2.99. The van der Waals surface area contributed by atoms with E-state index in [4.69, 9.17) is 5.53 Å². The molecule has 14 heavy (non-hydrogen) atoms. The Labute approximate surface area is 83.4 Å². The predicted octanol–water partition coefficient (Wildman–Crippen LogP) is 2.53. The van der Waals surface area contributed by atoms with Crippen LogP contribution in [0.5, 0.6) is 0 Å². The number of hydrogen-bond donors (Lipinski definition) is 0. The maximum atomic E-state index is 8.21. The summed E-state index contributed by atoms with van der Waals surface area (Å²) in [7, 11) is 1.86. The summed E-state index contributed by atoms with van der Waals surface area (Å²) in [5.74, 6) is 0. The summed E-state index contributed by atoms with van der Waals surface area (Å²) < 4.78 is 1.76. The van der Waals surface area contributed by atoms with Crippen LogP contribution < -0.4 is 0 Å². The van der Waals surface area contributed by atoms with E-state index < -0.39 is 0 Å². The summed E-state index contributed by atoms with van der Waals surface area (Å²) in [6.45, 7) is 6.67. The van der Waals surface area contributed by atoms with Gasteiger partial charge in [-0.2, -0.15) is 5.10 Å². The van der Waals surface area contributed by atoms with E-state index in [0.717, 1.165) is 11.4 Å². The van der Waals surface area contributed by atoms with Crippen molar-refractivity contribution in [2.45, 2.75) is 32.7 Å². The molecule has 1 heterocycles. The van der Waals surface area contributed by atoms with Crippen LogP contribution in [0.1, 0.15) is 32.2 Å². The van der Waals surface area contributed by atoms with Crippen molar-refractivity contribution < 1.29 is 0 Å². The van der Waals surface area contributed by atoms with Crippen LogP contribution in [0.25, 0.3) is 10.4 Å². The summed E-state index contributed by atoms with van der Waals surface area (Å²) >= 11 is 0. The molecule has 76 valence electrons. The standard InChI is InChI=1S/C9H15N5/c1-9(2,3)8-5-7(6-11-13-10)14(4)12-8/h5H,6H2,1-4H3. The lowest BCUT2D eigenvalue weighted by atomic mass is 9.92. The summed E-state index contributed by atoms with van der Waals surface area (Å²) in [4.78, 5) is 2.73. The van der Waals surface area contributed by atoms with Gasteiger partial charge in [-0.25, -0.2) is 0 Å². The van der Waals surface area contributed by atoms with Gasteiger partial charge in [0.2, 0.25) is 0 Å². The lowest BCUT2D eigenvalue weighted by molar-refractivity contribution is 0.551. The first-order valence-corrected chi connectivity index (χ1v) is 4.49. The Morgan fingerprint density at radius 2 is 2.21 bits per heavy atom. The van der Waals surface area contributed by atoms with Gasteiger partial charge >= 0.3 is 0 Å². The van der Waals surface area contributed by atoms with Crippen molar-refractivity contribution in [3.05, 3.63) is 27.9 Å². The van der Waals surface area contributed by atoms with E-state index in [1.165, 1.54) is 0 Å². The van der Waals surface area contributed by atoms with Crippen LogP contribution in [0.3, 0.4) is 0 Å². The van der Waals surface area contributed by atoms with Gasteiger partial charge in [0.1, 0.15) is 0 Å². The maximum absolute atomic E-state index is 8.21. The Morgan fingerprint density at radius 1 is 1.57 bits per heavy atom. The topological polar surface area (TPSA) is 66.6 Å². The molecule has 1 rings (SSSR count). The molecule has 0 spiro atoms. The molecule has 0 saturated carbocycles. The van der Waals surface area contributed by atoms with Crippen LogP contribution >= 0.6 is 0 Å². The number of nitrogens with zero attached hydrogens (tertiary/aromatic N) is 5. The Bertz CT molecular complexity index is 365. The average Bonchev–Trinajstić information content (AvgIpc) is 2.43. The molecule has 0 aromatic carbocycles. The quantitative estimate of drug-likeness (QED) is 0.404. The predicted molar refractivity (Wildman–Crippen MR) is 54.8 cm³/mol. The Morgan fingerprint density at radius 3 is 2.64 bits per heavy atom. The lowest BCUT2D eigenvalue weighted by Gasteiger charge is -2.13. The van der Waals surface area contributed by atoms with Crippen molar-refractivity contribution in [2.24, 2.45) is 12.2 Å². The first kappa shape index (κ1) is 10.6.